The maximum atomic E-state index is 14.0. The fourth-order valence-corrected chi connectivity index (χ4v) is 16.7. The molecule has 4 fully saturated rings. The number of nitrogens with one attached hydrogen (secondary N) is 2. The minimum Gasteiger partial charge on any atom is -0.398 e. The zero-order chi connectivity index (χ0) is 71.2. The lowest BCUT2D eigenvalue weighted by molar-refractivity contribution is -0.000650. The van der Waals surface area contributed by atoms with Crippen LogP contribution in [0.3, 0.4) is 0 Å². The predicted molar refractivity (Wildman–Crippen MR) is 403 cm³/mol. The van der Waals surface area contributed by atoms with Gasteiger partial charge in [0.15, 0.2) is 11.5 Å². The molecule has 4 N–H and O–H groups in total. The van der Waals surface area contributed by atoms with E-state index in [1.165, 1.54) is 22.7 Å². The van der Waals surface area contributed by atoms with Crippen molar-refractivity contribution in [3.8, 4) is 27.0 Å². The SMILES string of the molecule is N#Cc1ccccc1N.O=C(Cl)c1cc2c(s1)-c1ccccc1N(C(=O)c1ccc(NC(=O)c3cccnc3N3CC4(CCOCC4)C3)cc1)CC2.[C-]#[N+]c1ccccc1CC(=O)c1cc2c(s1)-c1ccccc1N(C(=O)c1ccc(NC(=O)c3cccnc3N3CC4(CCOCC4)C3)cc1)CC2. The number of pyridine rings is 2. The number of nitrogens with two attached hydrogens (primary N) is 1. The van der Waals surface area contributed by atoms with Crippen LogP contribution in [-0.2, 0) is 28.7 Å². The average Bonchev–Trinajstić information content (AvgIpc) is 1.44. The number of ketones is 1. The highest BCUT2D eigenvalue weighted by molar-refractivity contribution is 7.19. The number of rotatable bonds is 12. The summed E-state index contributed by atoms with van der Waals surface area (Å²) in [4.78, 5) is 103. The number of ether oxygens (including phenoxy) is 2. The number of halogens is 1. The van der Waals surface area contributed by atoms with E-state index in [1.54, 1.807) is 131 Å². The second kappa shape index (κ2) is 30.2. The molecule has 10 heterocycles. The molecule has 103 heavy (non-hydrogen) atoms. The van der Waals surface area contributed by atoms with Crippen LogP contribution in [0, 0.1) is 28.7 Å². The molecule has 4 aromatic heterocycles. The van der Waals surface area contributed by atoms with Gasteiger partial charge in [0.25, 0.3) is 28.9 Å². The van der Waals surface area contributed by atoms with Crippen molar-refractivity contribution in [2.24, 2.45) is 10.8 Å². The largest absolute Gasteiger partial charge is 0.398 e. The molecule has 6 aliphatic rings. The molecular formula is C81H70ClN11O8S2. The van der Waals surface area contributed by atoms with Crippen molar-refractivity contribution in [3.05, 3.63) is 260 Å². The first-order chi connectivity index (χ1) is 50.2. The summed E-state index contributed by atoms with van der Waals surface area (Å²) < 4.78 is 11.1. The van der Waals surface area contributed by atoms with Gasteiger partial charge < -0.3 is 45.4 Å². The van der Waals surface area contributed by atoms with E-state index in [-0.39, 0.29) is 46.7 Å². The number of fused-ring (bicyclic) bond motifs is 6. The Morgan fingerprint density at radius 2 is 1.02 bits per heavy atom. The first kappa shape index (κ1) is 68.9. The second-order valence-corrected chi connectivity index (χ2v) is 28.9. The molecule has 4 saturated heterocycles. The van der Waals surface area contributed by atoms with Crippen LogP contribution in [0.25, 0.3) is 25.7 Å². The maximum absolute atomic E-state index is 14.0. The standard InChI is InChI=1S/C41H35N5O4S.C33H29ClN4O4S.C7H6N2/c1-42-33-10-4-2-7-28(33)23-35(47)36-24-29-16-20-46(34-11-5-3-8-31(34)37(29)51-36)40(49)27-12-14-30(15-13-27)44-39(48)32-9-6-19-43-38(32)45-25-41(26-45)17-21-50-22-18-41;34-29(39)27-18-22-11-15-38(26-6-2-1-4-24(26)28(22)43-27)32(41)21-7-9-23(10-8-21)36-31(40)25-5-3-14-35-30(25)37-19-33(20-37)12-16-42-17-13-33;8-5-6-3-1-2-4-7(6)9/h2-15,19,24H,16-18,20-23,25-26H2,(H,44,48);1-10,14,18H,11-13,15-17,19-20H2,(H,36,40);1-4H,9H2. The third-order valence-corrected chi connectivity index (χ3v) is 22.6. The van der Waals surface area contributed by atoms with Gasteiger partial charge in [0, 0.05) is 144 Å². The van der Waals surface area contributed by atoms with E-state index >= 15 is 0 Å². The van der Waals surface area contributed by atoms with Gasteiger partial charge in [0.05, 0.1) is 44.4 Å². The number of carbonyl (C=O) groups excluding carboxylic acids is 6. The number of nitrogen functional groups attached to an aromatic ring is 1. The molecule has 16 rings (SSSR count). The van der Waals surface area contributed by atoms with Crippen molar-refractivity contribution in [2.75, 3.05) is 102 Å². The van der Waals surface area contributed by atoms with Gasteiger partial charge in [-0.25, -0.2) is 14.8 Å². The van der Waals surface area contributed by atoms with Gasteiger partial charge in [-0.1, -0.05) is 72.8 Å². The number of nitriles is 1. The molecule has 6 aromatic carbocycles. The third-order valence-electron chi connectivity index (χ3n) is 19.9. The summed E-state index contributed by atoms with van der Waals surface area (Å²) in [6.07, 6.45) is 8.94. The number of Topliss-reactive ketones (excluding diaryl/α,β-unsaturated/α-hetero) is 1. The zero-order valence-corrected chi connectivity index (χ0v) is 58.5. The van der Waals surface area contributed by atoms with Gasteiger partial charge in [-0.15, -0.1) is 22.7 Å². The summed E-state index contributed by atoms with van der Waals surface area (Å²) in [5.74, 6) is 0.600. The Labute approximate surface area is 608 Å². The van der Waals surface area contributed by atoms with E-state index in [9.17, 15) is 28.8 Å². The maximum Gasteiger partial charge on any atom is 0.262 e. The number of hydrogen-bond donors (Lipinski definition) is 3. The lowest BCUT2D eigenvalue weighted by Gasteiger charge is -2.53. The van der Waals surface area contributed by atoms with Gasteiger partial charge in [-0.05, 0) is 176 Å². The van der Waals surface area contributed by atoms with Crippen molar-refractivity contribution >= 4 is 115 Å². The van der Waals surface area contributed by atoms with Gasteiger partial charge in [-0.2, -0.15) is 5.26 Å². The minimum absolute atomic E-state index is 0.0227. The molecular weight excluding hydrogens is 1350 g/mol. The van der Waals surface area contributed by atoms with Gasteiger partial charge in [-0.3, -0.25) is 28.8 Å². The molecule has 2 spiro atoms. The van der Waals surface area contributed by atoms with Crippen LogP contribution in [0.15, 0.2) is 194 Å². The van der Waals surface area contributed by atoms with Crippen molar-refractivity contribution in [3.63, 3.8) is 0 Å². The quantitative estimate of drug-likeness (QED) is 0.0446. The van der Waals surface area contributed by atoms with Crippen molar-refractivity contribution in [1.29, 1.82) is 5.26 Å². The van der Waals surface area contributed by atoms with Crippen LogP contribution in [0.5, 0.6) is 0 Å². The topological polar surface area (TPSA) is 238 Å². The number of para-hydroxylation sites is 4. The molecule has 0 bridgehead atoms. The van der Waals surface area contributed by atoms with E-state index in [4.69, 9.17) is 38.6 Å². The highest BCUT2D eigenvalue weighted by Gasteiger charge is 2.47. The third kappa shape index (κ3) is 14.7. The van der Waals surface area contributed by atoms with E-state index in [1.807, 2.05) is 78.9 Å². The number of anilines is 7. The highest BCUT2D eigenvalue weighted by Crippen LogP contribution is 2.47. The Kier molecular flexibility index (Phi) is 20.2. The fourth-order valence-electron chi connectivity index (χ4n) is 14.3. The molecule has 0 unspecified atom stereocenters. The zero-order valence-electron chi connectivity index (χ0n) is 56.1. The number of benzene rings is 6. The van der Waals surface area contributed by atoms with Crippen LogP contribution in [0.2, 0.25) is 0 Å². The first-order valence-electron chi connectivity index (χ1n) is 34.1. The first-order valence-corrected chi connectivity index (χ1v) is 36.1. The molecule has 22 heteroatoms. The monoisotopic (exact) mass is 1420 g/mol. The Morgan fingerprint density at radius 1 is 0.573 bits per heavy atom. The lowest BCUT2D eigenvalue weighted by Crippen LogP contribution is -2.59. The molecule has 0 saturated carbocycles. The van der Waals surface area contributed by atoms with Gasteiger partial charge in [0.2, 0.25) is 0 Å². The number of amides is 4. The highest BCUT2D eigenvalue weighted by atomic mass is 35.5. The van der Waals surface area contributed by atoms with Crippen LogP contribution < -0.4 is 36.0 Å². The number of carbonyl (C=O) groups is 6. The van der Waals surface area contributed by atoms with Crippen LogP contribution in [0.1, 0.15) is 109 Å². The number of thiophene rings is 2. The Morgan fingerprint density at radius 3 is 1.49 bits per heavy atom. The van der Waals surface area contributed by atoms with Gasteiger partial charge in [0.1, 0.15) is 17.7 Å². The van der Waals surface area contributed by atoms with E-state index in [2.05, 4.69) is 35.2 Å². The molecule has 6 aliphatic heterocycles. The summed E-state index contributed by atoms with van der Waals surface area (Å²) in [6, 6.07) is 56.6. The van der Waals surface area contributed by atoms with Gasteiger partial charge >= 0.3 is 0 Å². The Balaban J connectivity index is 0.000000157. The molecule has 10 aromatic rings. The van der Waals surface area contributed by atoms with Crippen molar-refractivity contribution in [1.82, 2.24) is 9.97 Å². The minimum atomic E-state index is -0.473. The van der Waals surface area contributed by atoms with E-state index in [0.717, 1.165) is 127 Å². The normalized spacial score (nSPS) is 15.7. The molecule has 0 radical (unpaired) electrons. The van der Waals surface area contributed by atoms with Crippen molar-refractivity contribution < 1.29 is 38.2 Å². The lowest BCUT2D eigenvalue weighted by atomic mass is 9.73. The molecule has 0 aliphatic carbocycles. The van der Waals surface area contributed by atoms with Crippen molar-refractivity contribution in [2.45, 2.75) is 44.9 Å². The van der Waals surface area contributed by atoms with Crippen LogP contribution in [0.4, 0.5) is 45.8 Å². The second-order valence-electron chi connectivity index (χ2n) is 26.4. The number of aromatic nitrogens is 2. The molecule has 19 nitrogen and oxygen atoms in total. The van der Waals surface area contributed by atoms with E-state index in [0.29, 0.717) is 97.9 Å². The average molecular weight is 1430 g/mol. The number of hydrogen-bond acceptors (Lipinski definition) is 16. The molecule has 0 atom stereocenters. The Bertz CT molecular complexity index is 5000. The number of nitrogens with zero attached hydrogens (tertiary/aromatic N) is 8. The fraction of sp³-hybridized carbons (Fsp3) is 0.235. The summed E-state index contributed by atoms with van der Waals surface area (Å²) in [7, 11) is 0. The summed E-state index contributed by atoms with van der Waals surface area (Å²) >= 11 is 8.56. The van der Waals surface area contributed by atoms with Crippen LogP contribution >= 0.6 is 34.3 Å². The summed E-state index contributed by atoms with van der Waals surface area (Å²) in [6.45, 7) is 15.0. The molecule has 4 amide bonds. The summed E-state index contributed by atoms with van der Waals surface area (Å²) in [5, 5.41) is 13.9. The predicted octanol–water partition coefficient (Wildman–Crippen LogP) is 15.3. The molecule has 516 valence electrons. The van der Waals surface area contributed by atoms with Crippen LogP contribution in [-0.4, -0.2) is 110 Å². The smallest absolute Gasteiger partial charge is 0.262 e. The van der Waals surface area contributed by atoms with E-state index < -0.39 is 5.24 Å². The summed E-state index contributed by atoms with van der Waals surface area (Å²) in [5.41, 5.74) is 16.9. The Hall–Kier alpha value is -11.2.